The number of rotatable bonds is 5. The van der Waals surface area contributed by atoms with E-state index in [0.29, 0.717) is 30.1 Å². The van der Waals surface area contributed by atoms with E-state index in [0.717, 1.165) is 4.88 Å². The van der Waals surface area contributed by atoms with Crippen LogP contribution < -0.4 is 16.4 Å². The Morgan fingerprint density at radius 2 is 2.06 bits per heavy atom. The van der Waals surface area contributed by atoms with Gasteiger partial charge >= 0.3 is 12.0 Å². The van der Waals surface area contributed by atoms with Crippen LogP contribution in [0, 0.1) is 13.8 Å². The molecule has 0 saturated carbocycles. The van der Waals surface area contributed by atoms with Gasteiger partial charge in [-0.05, 0) is 32.4 Å². The van der Waals surface area contributed by atoms with Crippen LogP contribution in [0.5, 0.6) is 0 Å². The van der Waals surface area contributed by atoms with Crippen molar-refractivity contribution in [2.75, 3.05) is 18.4 Å². The Balaban J connectivity index is 2.75. The van der Waals surface area contributed by atoms with Gasteiger partial charge in [0.1, 0.15) is 5.00 Å². The lowest BCUT2D eigenvalue weighted by atomic mass is 10.1. The van der Waals surface area contributed by atoms with Crippen molar-refractivity contribution in [2.45, 2.75) is 20.3 Å². The minimum atomic E-state index is -1.03. The average Bonchev–Trinajstić information content (AvgIpc) is 2.54. The van der Waals surface area contributed by atoms with E-state index >= 15 is 0 Å². The number of aromatic carboxylic acids is 1. The predicted octanol–water partition coefficient (Wildman–Crippen LogP) is 1.53. The van der Waals surface area contributed by atoms with E-state index in [9.17, 15) is 9.59 Å². The van der Waals surface area contributed by atoms with Crippen LogP contribution >= 0.6 is 11.3 Å². The number of nitrogens with one attached hydrogen (secondary N) is 2. The summed E-state index contributed by atoms with van der Waals surface area (Å²) in [5, 5.41) is 14.6. The normalized spacial score (nSPS) is 10.2. The van der Waals surface area contributed by atoms with E-state index in [1.165, 1.54) is 11.3 Å². The molecule has 0 aromatic carbocycles. The largest absolute Gasteiger partial charge is 0.478 e. The number of urea groups is 1. The molecular formula is C11H17N3O3S. The van der Waals surface area contributed by atoms with E-state index in [4.69, 9.17) is 10.8 Å². The molecule has 0 aliphatic carbocycles. The Morgan fingerprint density at radius 3 is 2.61 bits per heavy atom. The highest BCUT2D eigenvalue weighted by molar-refractivity contribution is 7.16. The van der Waals surface area contributed by atoms with Gasteiger partial charge in [-0.1, -0.05) is 0 Å². The average molecular weight is 271 g/mol. The summed E-state index contributed by atoms with van der Waals surface area (Å²) in [5.74, 6) is -1.03. The molecule has 100 valence electrons. The van der Waals surface area contributed by atoms with Crippen molar-refractivity contribution in [3.63, 3.8) is 0 Å². The van der Waals surface area contributed by atoms with Crippen molar-refractivity contribution in [1.29, 1.82) is 0 Å². The number of carboxylic acids is 1. The number of nitrogens with two attached hydrogens (primary N) is 1. The number of carbonyl (C=O) groups excluding carboxylic acids is 1. The molecule has 0 atom stereocenters. The first kappa shape index (κ1) is 14.5. The molecule has 0 radical (unpaired) electrons. The van der Waals surface area contributed by atoms with Gasteiger partial charge in [-0.25, -0.2) is 9.59 Å². The summed E-state index contributed by atoms with van der Waals surface area (Å²) >= 11 is 1.26. The molecule has 0 spiro atoms. The summed E-state index contributed by atoms with van der Waals surface area (Å²) in [5.41, 5.74) is 6.15. The molecule has 2 amide bonds. The third-order valence-electron chi connectivity index (χ3n) is 2.49. The minimum Gasteiger partial charge on any atom is -0.478 e. The lowest BCUT2D eigenvalue weighted by Crippen LogP contribution is -2.30. The zero-order valence-electron chi connectivity index (χ0n) is 10.4. The molecule has 0 saturated heterocycles. The topological polar surface area (TPSA) is 104 Å². The summed E-state index contributed by atoms with van der Waals surface area (Å²) in [4.78, 5) is 23.5. The van der Waals surface area contributed by atoms with Crippen molar-refractivity contribution in [3.05, 3.63) is 16.0 Å². The van der Waals surface area contributed by atoms with Crippen molar-refractivity contribution in [1.82, 2.24) is 5.32 Å². The number of anilines is 1. The van der Waals surface area contributed by atoms with Gasteiger partial charge in [-0.15, -0.1) is 11.3 Å². The number of amides is 2. The number of carboxylic acid groups (broad SMARTS) is 1. The number of hydrogen-bond acceptors (Lipinski definition) is 4. The standard InChI is InChI=1S/C11H17N3O3S/c1-6-7(2)18-9(8(6)10(15)16)14-11(17)13-5-3-4-12/h3-5,12H2,1-2H3,(H,15,16)(H2,13,14,17). The Hall–Kier alpha value is -1.60. The fourth-order valence-electron chi connectivity index (χ4n) is 1.42. The first-order valence-corrected chi connectivity index (χ1v) is 6.37. The molecule has 7 heteroatoms. The zero-order valence-corrected chi connectivity index (χ0v) is 11.2. The van der Waals surface area contributed by atoms with Gasteiger partial charge in [-0.3, -0.25) is 5.32 Å². The highest BCUT2D eigenvalue weighted by Gasteiger charge is 2.19. The highest BCUT2D eigenvalue weighted by Crippen LogP contribution is 2.32. The summed E-state index contributed by atoms with van der Waals surface area (Å²) in [6.07, 6.45) is 0.682. The van der Waals surface area contributed by atoms with E-state index in [-0.39, 0.29) is 5.56 Å². The van der Waals surface area contributed by atoms with E-state index in [1.54, 1.807) is 6.92 Å². The van der Waals surface area contributed by atoms with Gasteiger partial charge in [-0.2, -0.15) is 0 Å². The molecule has 1 aromatic heterocycles. The number of thiophene rings is 1. The third kappa shape index (κ3) is 3.44. The van der Waals surface area contributed by atoms with Crippen LogP contribution in [-0.4, -0.2) is 30.2 Å². The van der Waals surface area contributed by atoms with Crippen LogP contribution in [0.1, 0.15) is 27.2 Å². The second-order valence-corrected chi connectivity index (χ2v) is 5.04. The number of hydrogen-bond donors (Lipinski definition) is 4. The summed E-state index contributed by atoms with van der Waals surface area (Å²) in [6.45, 7) is 4.52. The Morgan fingerprint density at radius 1 is 1.39 bits per heavy atom. The molecule has 1 aromatic rings. The van der Waals surface area contributed by atoms with E-state index < -0.39 is 12.0 Å². The van der Waals surface area contributed by atoms with Crippen LogP contribution in [0.15, 0.2) is 0 Å². The molecular weight excluding hydrogens is 254 g/mol. The SMILES string of the molecule is Cc1sc(NC(=O)NCCCN)c(C(=O)O)c1C. The van der Waals surface area contributed by atoms with Gasteiger partial charge in [0.25, 0.3) is 0 Å². The molecule has 1 rings (SSSR count). The van der Waals surface area contributed by atoms with Crippen LogP contribution in [0.3, 0.4) is 0 Å². The molecule has 0 aliphatic heterocycles. The molecule has 6 nitrogen and oxygen atoms in total. The maximum absolute atomic E-state index is 11.5. The van der Waals surface area contributed by atoms with E-state index in [2.05, 4.69) is 10.6 Å². The van der Waals surface area contributed by atoms with Crippen LogP contribution in [-0.2, 0) is 0 Å². The van der Waals surface area contributed by atoms with Crippen LogP contribution in [0.25, 0.3) is 0 Å². The van der Waals surface area contributed by atoms with Crippen LogP contribution in [0.4, 0.5) is 9.80 Å². The first-order valence-electron chi connectivity index (χ1n) is 5.55. The second-order valence-electron chi connectivity index (χ2n) is 3.82. The van der Waals surface area contributed by atoms with Gasteiger partial charge in [0, 0.05) is 11.4 Å². The number of carbonyl (C=O) groups is 2. The minimum absolute atomic E-state index is 0.159. The van der Waals surface area contributed by atoms with Gasteiger partial charge < -0.3 is 16.2 Å². The maximum atomic E-state index is 11.5. The van der Waals surface area contributed by atoms with Crippen molar-refractivity contribution in [2.24, 2.45) is 5.73 Å². The van der Waals surface area contributed by atoms with Gasteiger partial charge in [0.05, 0.1) is 5.56 Å². The Kier molecular flexibility index (Phi) is 5.11. The van der Waals surface area contributed by atoms with Crippen molar-refractivity contribution >= 4 is 28.3 Å². The van der Waals surface area contributed by atoms with Crippen molar-refractivity contribution < 1.29 is 14.7 Å². The Bertz CT molecular complexity index is 457. The van der Waals surface area contributed by atoms with Crippen LogP contribution in [0.2, 0.25) is 0 Å². The molecule has 18 heavy (non-hydrogen) atoms. The van der Waals surface area contributed by atoms with Gasteiger partial charge in [0.2, 0.25) is 0 Å². The second kappa shape index (κ2) is 6.36. The van der Waals surface area contributed by atoms with E-state index in [1.807, 2.05) is 6.92 Å². The fraction of sp³-hybridized carbons (Fsp3) is 0.455. The fourth-order valence-corrected chi connectivity index (χ4v) is 2.47. The molecule has 0 fully saturated rings. The maximum Gasteiger partial charge on any atom is 0.338 e. The lowest BCUT2D eigenvalue weighted by molar-refractivity contribution is 0.0697. The molecule has 0 aliphatic rings. The summed E-state index contributed by atoms with van der Waals surface area (Å²) < 4.78 is 0. The monoisotopic (exact) mass is 271 g/mol. The smallest absolute Gasteiger partial charge is 0.338 e. The summed E-state index contributed by atoms with van der Waals surface area (Å²) in [6, 6.07) is -0.410. The quantitative estimate of drug-likeness (QED) is 0.609. The molecule has 0 bridgehead atoms. The molecule has 0 unspecified atom stereocenters. The third-order valence-corrected chi connectivity index (χ3v) is 3.62. The predicted molar refractivity (Wildman–Crippen MR) is 71.4 cm³/mol. The zero-order chi connectivity index (χ0) is 13.7. The van der Waals surface area contributed by atoms with Crippen molar-refractivity contribution in [3.8, 4) is 0 Å². The first-order chi connectivity index (χ1) is 8.47. The number of aryl methyl sites for hydroxylation is 1. The lowest BCUT2D eigenvalue weighted by Gasteiger charge is -2.06. The molecule has 5 N–H and O–H groups in total. The molecule has 1 heterocycles. The van der Waals surface area contributed by atoms with Gasteiger partial charge in [0.15, 0.2) is 0 Å². The Labute approximate surface area is 109 Å². The highest BCUT2D eigenvalue weighted by atomic mass is 32.1. The summed E-state index contributed by atoms with van der Waals surface area (Å²) in [7, 11) is 0.